The van der Waals surface area contributed by atoms with E-state index in [-0.39, 0.29) is 18.2 Å². The fourth-order valence-corrected chi connectivity index (χ4v) is 2.86. The van der Waals surface area contributed by atoms with Crippen LogP contribution >= 0.6 is 0 Å². The first-order valence-electron chi connectivity index (χ1n) is 8.13. The number of aliphatic hydroxyl groups excluding tert-OH is 1. The highest BCUT2D eigenvalue weighted by molar-refractivity contribution is 5.75. The second-order valence-electron chi connectivity index (χ2n) is 6.13. The molecule has 1 aliphatic heterocycles. The molecule has 2 aliphatic rings. The summed E-state index contributed by atoms with van der Waals surface area (Å²) in [6.07, 6.45) is 3.62. The second-order valence-corrected chi connectivity index (χ2v) is 6.13. The predicted octanol–water partition coefficient (Wildman–Crippen LogP) is 2.07. The van der Waals surface area contributed by atoms with E-state index >= 15 is 0 Å². The van der Waals surface area contributed by atoms with Crippen LogP contribution in [0.15, 0.2) is 30.3 Å². The Balaban J connectivity index is 1.54. The molecule has 0 unspecified atom stereocenters. The molecule has 1 heterocycles. The van der Waals surface area contributed by atoms with Crippen LogP contribution in [0, 0.1) is 0 Å². The maximum Gasteiger partial charge on any atom is 0.317 e. The summed E-state index contributed by atoms with van der Waals surface area (Å²) in [7, 11) is 0. The van der Waals surface area contributed by atoms with E-state index < -0.39 is 6.10 Å². The third-order valence-electron chi connectivity index (χ3n) is 4.31. The number of hydrogen-bond acceptors (Lipinski definition) is 3. The highest BCUT2D eigenvalue weighted by atomic mass is 16.5. The Kier molecular flexibility index (Phi) is 4.95. The van der Waals surface area contributed by atoms with Crippen LogP contribution in [-0.4, -0.2) is 47.9 Å². The highest BCUT2D eigenvalue weighted by Crippen LogP contribution is 2.29. The quantitative estimate of drug-likeness (QED) is 0.846. The van der Waals surface area contributed by atoms with Gasteiger partial charge in [-0.25, -0.2) is 4.79 Å². The van der Waals surface area contributed by atoms with Gasteiger partial charge in [0.2, 0.25) is 0 Å². The van der Waals surface area contributed by atoms with Crippen molar-refractivity contribution in [2.45, 2.75) is 43.9 Å². The number of aliphatic hydroxyl groups is 1. The molecule has 0 bridgehead atoms. The summed E-state index contributed by atoms with van der Waals surface area (Å²) in [6, 6.07) is 9.67. The van der Waals surface area contributed by atoms with Crippen molar-refractivity contribution in [3.8, 4) is 0 Å². The zero-order valence-electron chi connectivity index (χ0n) is 12.8. The zero-order valence-corrected chi connectivity index (χ0v) is 12.8. The first kappa shape index (κ1) is 15.3. The third-order valence-corrected chi connectivity index (χ3v) is 4.31. The van der Waals surface area contributed by atoms with Gasteiger partial charge < -0.3 is 20.1 Å². The van der Waals surface area contributed by atoms with Crippen LogP contribution in [0.5, 0.6) is 0 Å². The molecular formula is C17H24N2O3. The highest BCUT2D eigenvalue weighted by Gasteiger charge is 2.34. The number of ether oxygens (including phenoxy) is 1. The lowest BCUT2D eigenvalue weighted by molar-refractivity contribution is 0.100. The molecule has 22 heavy (non-hydrogen) atoms. The Morgan fingerprint density at radius 1 is 1.32 bits per heavy atom. The largest absolute Gasteiger partial charge is 0.387 e. The lowest BCUT2D eigenvalue weighted by Gasteiger charge is -2.26. The Bertz CT molecular complexity index is 484. The Labute approximate surface area is 131 Å². The summed E-state index contributed by atoms with van der Waals surface area (Å²) < 4.78 is 5.53. The Morgan fingerprint density at radius 3 is 2.73 bits per heavy atom. The van der Waals surface area contributed by atoms with Gasteiger partial charge in [-0.3, -0.25) is 0 Å². The molecular weight excluding hydrogens is 280 g/mol. The number of urea groups is 1. The lowest BCUT2D eigenvalue weighted by atomic mass is 10.1. The zero-order chi connectivity index (χ0) is 15.4. The van der Waals surface area contributed by atoms with E-state index in [4.69, 9.17) is 4.74 Å². The number of nitrogens with one attached hydrogen (secondary N) is 1. The van der Waals surface area contributed by atoms with Crippen LogP contribution in [0.25, 0.3) is 0 Å². The summed E-state index contributed by atoms with van der Waals surface area (Å²) in [5.41, 5.74) is 0.847. The molecule has 2 amide bonds. The van der Waals surface area contributed by atoms with Crippen LogP contribution in [-0.2, 0) is 4.74 Å². The van der Waals surface area contributed by atoms with Gasteiger partial charge in [-0.1, -0.05) is 30.3 Å². The van der Waals surface area contributed by atoms with Crippen molar-refractivity contribution in [1.29, 1.82) is 0 Å². The maximum atomic E-state index is 12.4. The Morgan fingerprint density at radius 2 is 2.09 bits per heavy atom. The van der Waals surface area contributed by atoms with Crippen molar-refractivity contribution in [3.05, 3.63) is 35.9 Å². The summed E-state index contributed by atoms with van der Waals surface area (Å²) in [4.78, 5) is 14.2. The van der Waals surface area contributed by atoms with Crippen molar-refractivity contribution in [3.63, 3.8) is 0 Å². The fourth-order valence-electron chi connectivity index (χ4n) is 2.86. The Hall–Kier alpha value is -1.59. The van der Waals surface area contributed by atoms with E-state index in [0.29, 0.717) is 13.1 Å². The number of carbonyl (C=O) groups excluding carboxylic acids is 1. The van der Waals surface area contributed by atoms with Gasteiger partial charge in [-0.05, 0) is 31.2 Å². The van der Waals surface area contributed by atoms with Gasteiger partial charge in [0.25, 0.3) is 0 Å². The monoisotopic (exact) mass is 304 g/mol. The average Bonchev–Trinajstić information content (AvgIpc) is 3.26. The topological polar surface area (TPSA) is 61.8 Å². The van der Waals surface area contributed by atoms with E-state index in [0.717, 1.165) is 37.9 Å². The van der Waals surface area contributed by atoms with E-state index in [1.807, 2.05) is 30.3 Å². The van der Waals surface area contributed by atoms with E-state index in [1.165, 1.54) is 0 Å². The number of nitrogens with zero attached hydrogens (tertiary/aromatic N) is 1. The molecule has 1 aromatic carbocycles. The molecule has 2 atom stereocenters. The van der Waals surface area contributed by atoms with Gasteiger partial charge in [-0.2, -0.15) is 0 Å². The van der Waals surface area contributed by atoms with Crippen LogP contribution < -0.4 is 5.32 Å². The molecule has 0 spiro atoms. The van der Waals surface area contributed by atoms with Crippen LogP contribution in [0.4, 0.5) is 4.79 Å². The van der Waals surface area contributed by atoms with E-state index in [9.17, 15) is 9.90 Å². The molecule has 3 rings (SSSR count). The van der Waals surface area contributed by atoms with Gasteiger partial charge >= 0.3 is 6.03 Å². The summed E-state index contributed by atoms with van der Waals surface area (Å²) in [6.45, 7) is 1.69. The smallest absolute Gasteiger partial charge is 0.317 e. The van der Waals surface area contributed by atoms with Crippen LogP contribution in [0.2, 0.25) is 0 Å². The molecule has 5 nitrogen and oxygen atoms in total. The maximum absolute atomic E-state index is 12.4. The lowest BCUT2D eigenvalue weighted by Crippen LogP contribution is -2.45. The molecule has 0 radical (unpaired) electrons. The molecule has 2 N–H and O–H groups in total. The van der Waals surface area contributed by atoms with Crippen molar-refractivity contribution in [2.24, 2.45) is 0 Å². The predicted molar refractivity (Wildman–Crippen MR) is 83.5 cm³/mol. The number of rotatable bonds is 6. The van der Waals surface area contributed by atoms with Crippen molar-refractivity contribution < 1.29 is 14.6 Å². The SMILES string of the molecule is O=C(NC[C@H]1CCCO1)N(C[C@@H](O)c1ccccc1)C1CC1. The second kappa shape index (κ2) is 7.11. The molecule has 2 fully saturated rings. The van der Waals surface area contributed by atoms with Gasteiger partial charge in [0.1, 0.15) is 0 Å². The van der Waals surface area contributed by atoms with Crippen LogP contribution in [0.1, 0.15) is 37.4 Å². The first-order chi connectivity index (χ1) is 10.7. The molecule has 0 aromatic heterocycles. The minimum absolute atomic E-state index is 0.0898. The molecule has 1 aliphatic carbocycles. The number of carbonyl (C=O) groups is 1. The minimum atomic E-state index is -0.643. The van der Waals surface area contributed by atoms with Gasteiger partial charge in [0.15, 0.2) is 0 Å². The summed E-state index contributed by atoms with van der Waals surface area (Å²) in [5, 5.41) is 13.3. The van der Waals surface area contributed by atoms with Crippen LogP contribution in [0.3, 0.4) is 0 Å². The van der Waals surface area contributed by atoms with E-state index in [1.54, 1.807) is 4.90 Å². The molecule has 120 valence electrons. The number of benzene rings is 1. The van der Waals surface area contributed by atoms with Crippen molar-refractivity contribution in [1.82, 2.24) is 10.2 Å². The summed E-state index contributed by atoms with van der Waals surface area (Å²) in [5.74, 6) is 0. The first-order valence-corrected chi connectivity index (χ1v) is 8.13. The van der Waals surface area contributed by atoms with Crippen molar-refractivity contribution >= 4 is 6.03 Å². The number of amides is 2. The summed E-state index contributed by atoms with van der Waals surface area (Å²) >= 11 is 0. The fraction of sp³-hybridized carbons (Fsp3) is 0.588. The van der Waals surface area contributed by atoms with Gasteiger partial charge in [-0.15, -0.1) is 0 Å². The molecule has 5 heteroatoms. The van der Waals surface area contributed by atoms with Crippen molar-refractivity contribution in [2.75, 3.05) is 19.7 Å². The number of hydrogen-bond donors (Lipinski definition) is 2. The minimum Gasteiger partial charge on any atom is -0.387 e. The molecule has 1 saturated carbocycles. The molecule has 1 aromatic rings. The van der Waals surface area contributed by atoms with Gasteiger partial charge in [0, 0.05) is 19.2 Å². The average molecular weight is 304 g/mol. The standard InChI is InChI=1S/C17H24N2O3/c20-16(13-5-2-1-3-6-13)12-19(14-8-9-14)17(21)18-11-15-7-4-10-22-15/h1-3,5-6,14-16,20H,4,7-12H2,(H,18,21)/t15-,16-/m1/s1. The third kappa shape index (κ3) is 3.99. The van der Waals surface area contributed by atoms with E-state index in [2.05, 4.69) is 5.32 Å². The van der Waals surface area contributed by atoms with Gasteiger partial charge in [0.05, 0.1) is 18.8 Å². The molecule has 1 saturated heterocycles. The normalized spacial score (nSPS) is 22.3.